The number of carboxylic acids is 1. The van der Waals surface area contributed by atoms with E-state index in [1.165, 1.54) is 0 Å². The Labute approximate surface area is 135 Å². The van der Waals surface area contributed by atoms with E-state index in [1.807, 2.05) is 0 Å². The van der Waals surface area contributed by atoms with Crippen LogP contribution in [0.5, 0.6) is 5.75 Å². The minimum Gasteiger partial charge on any atom is -0.506 e. The average Bonchev–Trinajstić information content (AvgIpc) is 2.96. The summed E-state index contributed by atoms with van der Waals surface area (Å²) in [5.74, 6) is -2.00. The summed E-state index contributed by atoms with van der Waals surface area (Å²) in [5.41, 5.74) is 0.992. The number of benzene rings is 1. The van der Waals surface area contributed by atoms with Crippen molar-refractivity contribution in [2.24, 2.45) is 0 Å². The zero-order valence-corrected chi connectivity index (χ0v) is 12.7. The summed E-state index contributed by atoms with van der Waals surface area (Å²) in [5, 5.41) is 29.1. The molecule has 24 heavy (non-hydrogen) atoms. The highest BCUT2D eigenvalue weighted by Gasteiger charge is 2.22. The summed E-state index contributed by atoms with van der Waals surface area (Å²) in [6.07, 6.45) is 1.92. The molecule has 3 aromatic rings. The van der Waals surface area contributed by atoms with Gasteiger partial charge in [-0.05, 0) is 12.5 Å². The number of aromatic amines is 2. The van der Waals surface area contributed by atoms with Gasteiger partial charge >= 0.3 is 5.97 Å². The Morgan fingerprint density at radius 2 is 2.12 bits per heavy atom. The quantitative estimate of drug-likeness (QED) is 0.588. The number of fused-ring (bicyclic) bond motifs is 1. The molecule has 3 rings (SSSR count). The lowest BCUT2D eigenvalue weighted by Crippen LogP contribution is -2.20. The number of nitrogens with zero attached hydrogens (tertiary/aromatic N) is 1. The highest BCUT2D eigenvalue weighted by atomic mass is 16.4. The van der Waals surface area contributed by atoms with Crippen LogP contribution in [0.3, 0.4) is 0 Å². The van der Waals surface area contributed by atoms with Crippen molar-refractivity contribution in [3.05, 3.63) is 51.4 Å². The lowest BCUT2D eigenvalue weighted by molar-refractivity contribution is 0.0691. The van der Waals surface area contributed by atoms with Gasteiger partial charge < -0.3 is 20.2 Å². The van der Waals surface area contributed by atoms with E-state index in [0.717, 1.165) is 5.39 Å². The van der Waals surface area contributed by atoms with Crippen LogP contribution in [0.2, 0.25) is 0 Å². The number of hydrogen-bond donors (Lipinski definition) is 4. The summed E-state index contributed by atoms with van der Waals surface area (Å²) in [6, 6.07) is 7.26. The van der Waals surface area contributed by atoms with Gasteiger partial charge in [0.05, 0.1) is 11.3 Å². The largest absolute Gasteiger partial charge is 0.506 e. The van der Waals surface area contributed by atoms with Gasteiger partial charge in [0.15, 0.2) is 5.56 Å². The van der Waals surface area contributed by atoms with Crippen LogP contribution in [0.15, 0.2) is 29.2 Å². The van der Waals surface area contributed by atoms with E-state index >= 15 is 0 Å². The Bertz CT molecular complexity index is 1070. The van der Waals surface area contributed by atoms with Crippen molar-refractivity contribution in [3.63, 3.8) is 0 Å². The minimum atomic E-state index is -1.48. The van der Waals surface area contributed by atoms with Crippen LogP contribution < -0.4 is 5.56 Å². The number of rotatable bonds is 3. The molecule has 7 nitrogen and oxygen atoms in total. The van der Waals surface area contributed by atoms with Crippen LogP contribution in [-0.2, 0) is 6.42 Å². The van der Waals surface area contributed by atoms with Crippen molar-refractivity contribution in [1.82, 2.24) is 9.97 Å². The van der Waals surface area contributed by atoms with Crippen molar-refractivity contribution < 1.29 is 15.0 Å². The summed E-state index contributed by atoms with van der Waals surface area (Å²) in [4.78, 5) is 28.7. The predicted octanol–water partition coefficient (Wildman–Crippen LogP) is 2.36. The Hall–Kier alpha value is -3.53. The first-order valence-electron chi connectivity index (χ1n) is 7.21. The number of aromatic hydroxyl groups is 1. The molecule has 2 heterocycles. The molecular weight excluding hydrogens is 310 g/mol. The van der Waals surface area contributed by atoms with E-state index in [0.29, 0.717) is 34.3 Å². The zero-order chi connectivity index (χ0) is 17.4. The van der Waals surface area contributed by atoms with Gasteiger partial charge in [0, 0.05) is 28.2 Å². The van der Waals surface area contributed by atoms with E-state index < -0.39 is 22.8 Å². The fraction of sp³-hybridized carbons (Fsp3) is 0.118. The lowest BCUT2D eigenvalue weighted by atomic mass is 9.99. The number of H-pyrrole nitrogens is 2. The Morgan fingerprint density at radius 1 is 1.38 bits per heavy atom. The van der Waals surface area contributed by atoms with Crippen LogP contribution in [0.25, 0.3) is 22.2 Å². The molecule has 120 valence electrons. The van der Waals surface area contributed by atoms with Gasteiger partial charge in [-0.2, -0.15) is 5.26 Å². The van der Waals surface area contributed by atoms with Crippen LogP contribution in [0.1, 0.15) is 28.4 Å². The van der Waals surface area contributed by atoms with Crippen molar-refractivity contribution in [1.29, 1.82) is 5.26 Å². The van der Waals surface area contributed by atoms with Crippen molar-refractivity contribution in [3.8, 4) is 23.1 Å². The second-order valence-corrected chi connectivity index (χ2v) is 5.26. The number of nitriles is 1. The molecule has 0 unspecified atom stereocenters. The molecule has 0 aliphatic rings. The third kappa shape index (κ3) is 2.21. The zero-order valence-electron chi connectivity index (χ0n) is 12.7. The number of aromatic nitrogens is 2. The molecule has 0 radical (unpaired) electrons. The van der Waals surface area contributed by atoms with Crippen LogP contribution in [0.4, 0.5) is 0 Å². The Kier molecular flexibility index (Phi) is 3.58. The van der Waals surface area contributed by atoms with Gasteiger partial charge in [-0.15, -0.1) is 0 Å². The predicted molar refractivity (Wildman–Crippen MR) is 87.1 cm³/mol. The van der Waals surface area contributed by atoms with E-state index in [4.69, 9.17) is 10.4 Å². The molecule has 0 aliphatic carbocycles. The van der Waals surface area contributed by atoms with Gasteiger partial charge in [-0.25, -0.2) is 4.79 Å². The van der Waals surface area contributed by atoms with E-state index in [9.17, 15) is 14.7 Å². The number of aromatic carboxylic acids is 1. The summed E-state index contributed by atoms with van der Waals surface area (Å²) in [7, 11) is 0. The van der Waals surface area contributed by atoms with Gasteiger partial charge in [-0.1, -0.05) is 19.1 Å². The number of carbonyl (C=O) groups is 1. The first-order valence-corrected chi connectivity index (χ1v) is 7.21. The maximum atomic E-state index is 12.0. The molecule has 0 spiro atoms. The second kappa shape index (κ2) is 5.59. The number of nitrogens with one attached hydrogen (secondary N) is 2. The maximum Gasteiger partial charge on any atom is 0.345 e. The molecule has 0 saturated carbocycles. The van der Waals surface area contributed by atoms with Crippen LogP contribution in [0, 0.1) is 11.3 Å². The minimum absolute atomic E-state index is 0.338. The molecule has 0 fully saturated rings. The van der Waals surface area contributed by atoms with Gasteiger partial charge in [0.1, 0.15) is 11.8 Å². The molecule has 0 aliphatic heterocycles. The molecule has 0 bridgehead atoms. The first-order chi connectivity index (χ1) is 11.5. The molecule has 1 aromatic carbocycles. The Balaban J connectivity index is 2.28. The van der Waals surface area contributed by atoms with Crippen LogP contribution >= 0.6 is 0 Å². The molecule has 2 aromatic heterocycles. The van der Waals surface area contributed by atoms with Gasteiger partial charge in [-0.3, -0.25) is 4.79 Å². The number of hydrogen-bond acceptors (Lipinski definition) is 4. The third-order valence-electron chi connectivity index (χ3n) is 3.95. The highest BCUT2D eigenvalue weighted by Crippen LogP contribution is 2.31. The smallest absolute Gasteiger partial charge is 0.345 e. The fourth-order valence-electron chi connectivity index (χ4n) is 2.79. The average molecular weight is 323 g/mol. The maximum absolute atomic E-state index is 12.0. The molecule has 0 atom stereocenters. The topological polar surface area (TPSA) is 130 Å². The summed E-state index contributed by atoms with van der Waals surface area (Å²) < 4.78 is 0. The molecule has 0 saturated heterocycles. The third-order valence-corrected chi connectivity index (χ3v) is 3.95. The second-order valence-electron chi connectivity index (χ2n) is 5.26. The SMILES string of the molecule is CCc1c(-c2ccc3c(C#N)c[nH]c3c2)[nH]c(=O)c(C(=O)O)c1O. The van der Waals surface area contributed by atoms with Gasteiger partial charge in [0.25, 0.3) is 5.56 Å². The van der Waals surface area contributed by atoms with Gasteiger partial charge in [0.2, 0.25) is 0 Å². The number of carboxylic acid groups (broad SMARTS) is 1. The van der Waals surface area contributed by atoms with Crippen molar-refractivity contribution >= 4 is 16.9 Å². The van der Waals surface area contributed by atoms with Crippen molar-refractivity contribution in [2.45, 2.75) is 13.3 Å². The molecule has 7 heteroatoms. The van der Waals surface area contributed by atoms with Crippen molar-refractivity contribution in [2.75, 3.05) is 0 Å². The number of pyridine rings is 1. The van der Waals surface area contributed by atoms with E-state index in [-0.39, 0.29) is 0 Å². The summed E-state index contributed by atoms with van der Waals surface area (Å²) >= 11 is 0. The monoisotopic (exact) mass is 323 g/mol. The standard InChI is InChI=1S/C17H13N3O4/c1-2-10-14(20-16(22)13(15(10)21)17(23)24)8-3-4-11-9(6-18)7-19-12(11)5-8/h3-5,7,19H,2H2,1H3,(H,23,24)(H2,20,21,22). The first kappa shape index (κ1) is 15.4. The van der Waals surface area contributed by atoms with Crippen LogP contribution in [-0.4, -0.2) is 26.2 Å². The van der Waals surface area contributed by atoms with E-state index in [1.54, 1.807) is 31.3 Å². The highest BCUT2D eigenvalue weighted by molar-refractivity contribution is 5.93. The van der Waals surface area contributed by atoms with E-state index in [2.05, 4.69) is 16.0 Å². The summed E-state index contributed by atoms with van der Waals surface area (Å²) in [6.45, 7) is 1.75. The Morgan fingerprint density at radius 3 is 2.75 bits per heavy atom. The molecule has 0 amide bonds. The normalized spacial score (nSPS) is 10.7. The molecular formula is C17H13N3O4. The lowest BCUT2D eigenvalue weighted by Gasteiger charge is -2.12. The fourth-order valence-corrected chi connectivity index (χ4v) is 2.79. The molecule has 4 N–H and O–H groups in total.